The molecule has 0 bridgehead atoms. The Morgan fingerprint density at radius 2 is 1.64 bits per heavy atom. The van der Waals surface area contributed by atoms with Crippen molar-refractivity contribution < 1.29 is 13.2 Å². The second-order valence-electron chi connectivity index (χ2n) is 5.95. The molecule has 1 N–H and O–H groups in total. The van der Waals surface area contributed by atoms with E-state index in [1.807, 2.05) is 0 Å². The zero-order chi connectivity index (χ0) is 19.7. The summed E-state index contributed by atoms with van der Waals surface area (Å²) in [5.74, 6) is 0.459. The number of halogens is 3. The van der Waals surface area contributed by atoms with Gasteiger partial charge in [0.2, 0.25) is 0 Å². The van der Waals surface area contributed by atoms with Crippen molar-refractivity contribution >= 4 is 11.3 Å². The lowest BCUT2D eigenvalue weighted by Gasteiger charge is -2.10. The number of fused-ring (bicyclic) bond motifs is 1. The number of aromatic nitrogens is 5. The molecule has 0 radical (unpaired) electrons. The smallest absolute Gasteiger partial charge is 0.298 e. The summed E-state index contributed by atoms with van der Waals surface area (Å²) in [4.78, 5) is 20.8. The van der Waals surface area contributed by atoms with E-state index in [0.717, 1.165) is 0 Å². The van der Waals surface area contributed by atoms with Crippen molar-refractivity contribution in [1.29, 1.82) is 0 Å². The third-order valence-corrected chi connectivity index (χ3v) is 3.99. The Hall–Kier alpha value is -3.69. The van der Waals surface area contributed by atoms with Crippen LogP contribution in [0.4, 0.5) is 18.9 Å². The number of anilines is 1. The molecule has 0 amide bonds. The fraction of sp³-hybridized carbons (Fsp3) is 0.111. The van der Waals surface area contributed by atoms with E-state index in [-0.39, 0.29) is 17.9 Å². The Balaban J connectivity index is 1.64. The Bertz CT molecular complexity index is 1170. The van der Waals surface area contributed by atoms with Crippen LogP contribution in [0.1, 0.15) is 5.82 Å². The predicted octanol–water partition coefficient (Wildman–Crippen LogP) is 2.93. The first-order valence-electron chi connectivity index (χ1n) is 8.19. The second-order valence-corrected chi connectivity index (χ2v) is 5.95. The predicted molar refractivity (Wildman–Crippen MR) is 95.7 cm³/mol. The average Bonchev–Trinajstić information content (AvgIpc) is 2.97. The van der Waals surface area contributed by atoms with Crippen LogP contribution in [0.5, 0.6) is 0 Å². The minimum atomic E-state index is -4.50. The molecular formula is C18H13F3N6O. The number of benzene rings is 1. The number of alkyl halides is 3. The van der Waals surface area contributed by atoms with Gasteiger partial charge in [0.1, 0.15) is 12.4 Å². The van der Waals surface area contributed by atoms with Gasteiger partial charge in [-0.2, -0.15) is 13.2 Å². The molecule has 7 nitrogen and oxygen atoms in total. The molecule has 0 saturated carbocycles. The van der Waals surface area contributed by atoms with Gasteiger partial charge in [-0.25, -0.2) is 23.8 Å². The molecule has 3 heterocycles. The molecule has 0 aliphatic carbocycles. The normalized spacial score (nSPS) is 11.7. The molecule has 3 aromatic heterocycles. The van der Waals surface area contributed by atoms with E-state index in [4.69, 9.17) is 0 Å². The van der Waals surface area contributed by atoms with E-state index < -0.39 is 6.30 Å². The molecular weight excluding hydrogens is 373 g/mol. The fourth-order valence-electron chi connectivity index (χ4n) is 2.75. The van der Waals surface area contributed by atoms with Crippen LogP contribution in [0, 0.1) is 0 Å². The zero-order valence-electron chi connectivity index (χ0n) is 14.3. The highest BCUT2D eigenvalue weighted by atomic mass is 19.4. The third kappa shape index (κ3) is 3.70. The summed E-state index contributed by atoms with van der Waals surface area (Å²) in [5, 5.41) is 5.69. The Morgan fingerprint density at radius 3 is 2.32 bits per heavy atom. The minimum absolute atomic E-state index is 0.0647. The lowest BCUT2D eigenvalue weighted by atomic mass is 10.1. The molecule has 10 heteroatoms. The zero-order valence-corrected chi connectivity index (χ0v) is 14.3. The number of pyridine rings is 1. The molecule has 142 valence electrons. The van der Waals surface area contributed by atoms with Crippen molar-refractivity contribution in [2.45, 2.75) is 12.8 Å². The van der Waals surface area contributed by atoms with Crippen molar-refractivity contribution in [2.75, 3.05) is 5.32 Å². The molecule has 0 atom stereocenters. The second kappa shape index (κ2) is 6.80. The average molecular weight is 386 g/mol. The number of hydrogen-bond donors (Lipinski definition) is 1. The molecule has 0 spiro atoms. The van der Waals surface area contributed by atoms with Crippen LogP contribution in [-0.2, 0) is 6.54 Å². The van der Waals surface area contributed by atoms with E-state index >= 15 is 0 Å². The van der Waals surface area contributed by atoms with Crippen molar-refractivity contribution in [1.82, 2.24) is 24.1 Å². The maximum atomic E-state index is 12.6. The van der Waals surface area contributed by atoms with E-state index in [9.17, 15) is 18.0 Å². The molecule has 4 rings (SSSR count). The first kappa shape index (κ1) is 17.7. The number of hydrogen-bond acceptors (Lipinski definition) is 5. The number of nitrogens with one attached hydrogen (secondary N) is 1. The Kier molecular flexibility index (Phi) is 4.30. The maximum Gasteiger partial charge on any atom is 0.482 e. The first-order valence-corrected chi connectivity index (χ1v) is 8.19. The topological polar surface area (TPSA) is 77.1 Å². The lowest BCUT2D eigenvalue weighted by molar-refractivity contribution is -0.0999. The highest BCUT2D eigenvalue weighted by Gasteiger charge is 2.26. The summed E-state index contributed by atoms with van der Waals surface area (Å²) in [6.07, 6.45) is 0.265. The molecule has 28 heavy (non-hydrogen) atoms. The SMILES string of the molecule is O=c1n(Cc2ncccn2)nc2ccc(-c3ccc(NC(F)(F)F)cc3)cn12. The van der Waals surface area contributed by atoms with Crippen molar-refractivity contribution in [3.05, 3.63) is 77.4 Å². The van der Waals surface area contributed by atoms with Crippen LogP contribution < -0.4 is 11.0 Å². The van der Waals surface area contributed by atoms with Gasteiger partial charge in [-0.05, 0) is 41.5 Å². The van der Waals surface area contributed by atoms with Crippen LogP contribution in [-0.4, -0.2) is 30.4 Å². The van der Waals surface area contributed by atoms with Crippen LogP contribution in [0.2, 0.25) is 0 Å². The summed E-state index contributed by atoms with van der Waals surface area (Å²) in [5.41, 5.74) is 1.36. The molecule has 0 aliphatic rings. The van der Waals surface area contributed by atoms with Gasteiger partial charge in [0.05, 0.1) is 0 Å². The largest absolute Gasteiger partial charge is 0.482 e. The highest BCUT2D eigenvalue weighted by molar-refractivity contribution is 5.66. The van der Waals surface area contributed by atoms with Gasteiger partial charge in [0.15, 0.2) is 5.65 Å². The van der Waals surface area contributed by atoms with Gasteiger partial charge in [0.25, 0.3) is 0 Å². The molecule has 0 fully saturated rings. The van der Waals surface area contributed by atoms with Crippen LogP contribution in [0.3, 0.4) is 0 Å². The quantitative estimate of drug-likeness (QED) is 0.546. The first-order chi connectivity index (χ1) is 13.4. The summed E-state index contributed by atoms with van der Waals surface area (Å²) < 4.78 is 39.8. The van der Waals surface area contributed by atoms with Gasteiger partial charge >= 0.3 is 12.0 Å². The van der Waals surface area contributed by atoms with Crippen LogP contribution in [0.15, 0.2) is 65.8 Å². The Morgan fingerprint density at radius 1 is 0.964 bits per heavy atom. The number of nitrogens with zero attached hydrogens (tertiary/aromatic N) is 5. The standard InChI is InChI=1S/C18H13F3N6O/c19-18(20,21)24-14-5-2-12(3-6-14)13-4-7-16-25-27(17(28)26(16)10-13)11-15-22-8-1-9-23-15/h1-10,24H,11H2. The van der Waals surface area contributed by atoms with E-state index in [1.165, 1.54) is 26.5 Å². The van der Waals surface area contributed by atoms with Crippen molar-refractivity contribution in [2.24, 2.45) is 0 Å². The lowest BCUT2D eigenvalue weighted by Crippen LogP contribution is -2.22. The van der Waals surface area contributed by atoms with Gasteiger partial charge < -0.3 is 0 Å². The van der Waals surface area contributed by atoms with Gasteiger partial charge in [-0.15, -0.1) is 5.10 Å². The highest BCUT2D eigenvalue weighted by Crippen LogP contribution is 2.24. The summed E-state index contributed by atoms with van der Waals surface area (Å²) in [6, 6.07) is 10.8. The molecule has 4 aromatic rings. The van der Waals surface area contributed by atoms with Gasteiger partial charge in [-0.1, -0.05) is 12.1 Å². The fourth-order valence-corrected chi connectivity index (χ4v) is 2.75. The monoisotopic (exact) mass is 386 g/mol. The molecule has 1 aromatic carbocycles. The molecule has 0 saturated heterocycles. The van der Waals surface area contributed by atoms with Crippen LogP contribution >= 0.6 is 0 Å². The third-order valence-electron chi connectivity index (χ3n) is 3.99. The minimum Gasteiger partial charge on any atom is -0.298 e. The van der Waals surface area contributed by atoms with E-state index in [0.29, 0.717) is 22.6 Å². The molecule has 0 unspecified atom stereocenters. The van der Waals surface area contributed by atoms with E-state index in [2.05, 4.69) is 15.1 Å². The summed E-state index contributed by atoms with van der Waals surface area (Å²) in [7, 11) is 0. The number of rotatable bonds is 4. The summed E-state index contributed by atoms with van der Waals surface area (Å²) >= 11 is 0. The van der Waals surface area contributed by atoms with Gasteiger partial charge in [0, 0.05) is 24.3 Å². The van der Waals surface area contributed by atoms with Gasteiger partial charge in [-0.3, -0.25) is 5.32 Å². The maximum absolute atomic E-state index is 12.6. The van der Waals surface area contributed by atoms with E-state index in [1.54, 1.807) is 48.9 Å². The molecule has 0 aliphatic heterocycles. The Labute approximate surface area is 156 Å². The summed E-state index contributed by atoms with van der Waals surface area (Å²) in [6.45, 7) is 0.133. The van der Waals surface area contributed by atoms with Crippen LogP contribution in [0.25, 0.3) is 16.8 Å². The van der Waals surface area contributed by atoms with Crippen molar-refractivity contribution in [3.8, 4) is 11.1 Å². The van der Waals surface area contributed by atoms with Crippen molar-refractivity contribution in [3.63, 3.8) is 0 Å².